The van der Waals surface area contributed by atoms with Crippen molar-refractivity contribution < 1.29 is 14.7 Å². The molecular weight excluding hydrogens is 292 g/mol. The van der Waals surface area contributed by atoms with Gasteiger partial charge in [0.1, 0.15) is 6.04 Å². The van der Waals surface area contributed by atoms with Crippen LogP contribution in [-0.4, -0.2) is 70.7 Å². The monoisotopic (exact) mass is 310 g/mol. The second-order valence-corrected chi connectivity index (χ2v) is 6.13. The average Bonchev–Trinajstić information content (AvgIpc) is 3.18. The van der Waals surface area contributed by atoms with Gasteiger partial charge in [0.05, 0.1) is 0 Å². The number of hydrogen-bond donors (Lipinski definition) is 1. The molecule has 7 nitrogen and oxygen atoms in total. The molecule has 0 bridgehead atoms. The summed E-state index contributed by atoms with van der Waals surface area (Å²) in [4.78, 5) is 33.3. The first-order valence-corrected chi connectivity index (χ1v) is 7.97. The molecule has 2 fully saturated rings. The number of carbonyl (C=O) groups excluding carboxylic acids is 1. The fourth-order valence-electron chi connectivity index (χ4n) is 2.90. The van der Waals surface area contributed by atoms with Gasteiger partial charge >= 0.3 is 12.0 Å². The Labute approximate surface area is 126 Å². The molecule has 8 heteroatoms. The van der Waals surface area contributed by atoms with E-state index in [0.717, 1.165) is 24.6 Å². The number of piperazine rings is 1. The summed E-state index contributed by atoms with van der Waals surface area (Å²) in [5, 5.41) is 12.1. The molecule has 2 amide bonds. The molecule has 114 valence electrons. The van der Waals surface area contributed by atoms with Crippen molar-refractivity contribution in [3.05, 3.63) is 11.6 Å². The van der Waals surface area contributed by atoms with Crippen molar-refractivity contribution in [1.29, 1.82) is 0 Å². The second kappa shape index (κ2) is 5.88. The molecule has 1 atom stereocenters. The standard InChI is InChI=1S/C13H18N4O3S/c18-11(19)10-2-1-4-17(10)13(20)16-7-5-15(6-8-16)12-14-3-9-21-12/h3,9-10H,1-2,4-8H2,(H,18,19)/t10-/m1/s1. The number of urea groups is 1. The number of carbonyl (C=O) groups is 2. The van der Waals surface area contributed by atoms with E-state index < -0.39 is 12.0 Å². The lowest BCUT2D eigenvalue weighted by Crippen LogP contribution is -2.54. The zero-order chi connectivity index (χ0) is 14.8. The lowest BCUT2D eigenvalue weighted by atomic mass is 10.2. The first kappa shape index (κ1) is 14.1. The molecule has 0 radical (unpaired) electrons. The van der Waals surface area contributed by atoms with Gasteiger partial charge in [0.25, 0.3) is 0 Å². The Morgan fingerprint density at radius 1 is 1.24 bits per heavy atom. The highest BCUT2D eigenvalue weighted by atomic mass is 32.1. The average molecular weight is 310 g/mol. The van der Waals surface area contributed by atoms with Gasteiger partial charge < -0.3 is 19.8 Å². The van der Waals surface area contributed by atoms with Crippen molar-refractivity contribution >= 4 is 28.5 Å². The van der Waals surface area contributed by atoms with Crippen molar-refractivity contribution in [2.24, 2.45) is 0 Å². The number of aromatic nitrogens is 1. The molecule has 0 saturated carbocycles. The van der Waals surface area contributed by atoms with E-state index in [0.29, 0.717) is 26.1 Å². The zero-order valence-corrected chi connectivity index (χ0v) is 12.5. The van der Waals surface area contributed by atoms with E-state index in [1.165, 1.54) is 4.90 Å². The van der Waals surface area contributed by atoms with E-state index in [1.54, 1.807) is 22.4 Å². The largest absolute Gasteiger partial charge is 0.480 e. The second-order valence-electron chi connectivity index (χ2n) is 5.26. The molecule has 1 N–H and O–H groups in total. The number of rotatable bonds is 2. The van der Waals surface area contributed by atoms with Gasteiger partial charge in [-0.3, -0.25) is 0 Å². The van der Waals surface area contributed by atoms with E-state index in [1.807, 2.05) is 5.38 Å². The summed E-state index contributed by atoms with van der Waals surface area (Å²) < 4.78 is 0. The Morgan fingerprint density at radius 3 is 2.62 bits per heavy atom. The molecule has 2 aliphatic heterocycles. The fourth-order valence-corrected chi connectivity index (χ4v) is 3.59. The molecule has 2 saturated heterocycles. The van der Waals surface area contributed by atoms with Crippen molar-refractivity contribution in [2.45, 2.75) is 18.9 Å². The maximum absolute atomic E-state index is 12.5. The lowest BCUT2D eigenvalue weighted by Gasteiger charge is -2.37. The smallest absolute Gasteiger partial charge is 0.326 e. The molecule has 3 heterocycles. The molecule has 21 heavy (non-hydrogen) atoms. The third-order valence-corrected chi connectivity index (χ3v) is 4.86. The van der Waals surface area contributed by atoms with Gasteiger partial charge in [-0.1, -0.05) is 0 Å². The Morgan fingerprint density at radius 2 is 2.00 bits per heavy atom. The minimum absolute atomic E-state index is 0.140. The lowest BCUT2D eigenvalue weighted by molar-refractivity contribution is -0.141. The molecule has 3 rings (SSSR count). The van der Waals surface area contributed by atoms with Crippen LogP contribution in [0.5, 0.6) is 0 Å². The number of amides is 2. The topological polar surface area (TPSA) is 77.0 Å². The molecule has 0 unspecified atom stereocenters. The van der Waals surface area contributed by atoms with Crippen molar-refractivity contribution in [3.8, 4) is 0 Å². The summed E-state index contributed by atoms with van der Waals surface area (Å²) >= 11 is 1.59. The van der Waals surface area contributed by atoms with Gasteiger partial charge in [-0.15, -0.1) is 11.3 Å². The third kappa shape index (κ3) is 2.80. The Hall–Kier alpha value is -1.83. The minimum atomic E-state index is -0.901. The number of anilines is 1. The van der Waals surface area contributed by atoms with Crippen LogP contribution in [0.25, 0.3) is 0 Å². The van der Waals surface area contributed by atoms with Crippen LogP contribution in [0.3, 0.4) is 0 Å². The van der Waals surface area contributed by atoms with Gasteiger partial charge in [-0.25, -0.2) is 14.6 Å². The number of likely N-dealkylation sites (tertiary alicyclic amines) is 1. The zero-order valence-electron chi connectivity index (χ0n) is 11.6. The molecular formula is C13H18N4O3S. The summed E-state index contributed by atoms with van der Waals surface area (Å²) in [6, 6.07) is -0.798. The summed E-state index contributed by atoms with van der Waals surface area (Å²) in [6.07, 6.45) is 3.10. The third-order valence-electron chi connectivity index (χ3n) is 4.02. The quantitative estimate of drug-likeness (QED) is 0.879. The van der Waals surface area contributed by atoms with Crippen molar-refractivity contribution in [2.75, 3.05) is 37.6 Å². The summed E-state index contributed by atoms with van der Waals surface area (Å²) in [6.45, 7) is 3.25. The number of aliphatic carboxylic acids is 1. The molecule has 1 aromatic rings. The van der Waals surface area contributed by atoms with Gasteiger partial charge in [0, 0.05) is 44.3 Å². The van der Waals surface area contributed by atoms with Crippen LogP contribution in [0.2, 0.25) is 0 Å². The number of thiazole rings is 1. The molecule has 2 aliphatic rings. The van der Waals surface area contributed by atoms with Crippen molar-refractivity contribution in [1.82, 2.24) is 14.8 Å². The van der Waals surface area contributed by atoms with Gasteiger partial charge in [-0.05, 0) is 12.8 Å². The van der Waals surface area contributed by atoms with Gasteiger partial charge in [0.15, 0.2) is 5.13 Å². The molecule has 0 aliphatic carbocycles. The van der Waals surface area contributed by atoms with Crippen LogP contribution in [0.1, 0.15) is 12.8 Å². The Kier molecular flexibility index (Phi) is 3.96. The maximum atomic E-state index is 12.5. The first-order chi connectivity index (χ1) is 10.2. The number of hydrogen-bond acceptors (Lipinski definition) is 5. The molecule has 1 aromatic heterocycles. The summed E-state index contributed by atoms with van der Waals surface area (Å²) in [5.74, 6) is -0.901. The molecule has 0 spiro atoms. The van der Waals surface area contributed by atoms with Crippen molar-refractivity contribution in [3.63, 3.8) is 0 Å². The Bertz CT molecular complexity index is 513. The number of carboxylic acids is 1. The van der Waals surface area contributed by atoms with E-state index in [2.05, 4.69) is 9.88 Å². The highest BCUT2D eigenvalue weighted by Crippen LogP contribution is 2.22. The highest BCUT2D eigenvalue weighted by Gasteiger charge is 2.37. The Balaban J connectivity index is 1.59. The maximum Gasteiger partial charge on any atom is 0.326 e. The van der Waals surface area contributed by atoms with E-state index >= 15 is 0 Å². The highest BCUT2D eigenvalue weighted by molar-refractivity contribution is 7.13. The number of nitrogens with zero attached hydrogens (tertiary/aromatic N) is 4. The predicted molar refractivity (Wildman–Crippen MR) is 78.7 cm³/mol. The van der Waals surface area contributed by atoms with Crippen LogP contribution in [-0.2, 0) is 4.79 Å². The van der Waals surface area contributed by atoms with E-state index in [4.69, 9.17) is 0 Å². The predicted octanol–water partition coefficient (Wildman–Crippen LogP) is 0.934. The van der Waals surface area contributed by atoms with Crippen LogP contribution < -0.4 is 4.90 Å². The summed E-state index contributed by atoms with van der Waals surface area (Å²) in [7, 11) is 0. The first-order valence-electron chi connectivity index (χ1n) is 7.09. The van der Waals surface area contributed by atoms with Gasteiger partial charge in [-0.2, -0.15) is 0 Å². The van der Waals surface area contributed by atoms with E-state index in [9.17, 15) is 14.7 Å². The van der Waals surface area contributed by atoms with Crippen LogP contribution in [0.15, 0.2) is 11.6 Å². The van der Waals surface area contributed by atoms with Crippen LogP contribution >= 0.6 is 11.3 Å². The fraction of sp³-hybridized carbons (Fsp3) is 0.615. The minimum Gasteiger partial charge on any atom is -0.480 e. The van der Waals surface area contributed by atoms with E-state index in [-0.39, 0.29) is 6.03 Å². The van der Waals surface area contributed by atoms with Gasteiger partial charge in [0.2, 0.25) is 0 Å². The normalized spacial score (nSPS) is 22.7. The van der Waals surface area contributed by atoms with Crippen LogP contribution in [0, 0.1) is 0 Å². The molecule has 0 aromatic carbocycles. The summed E-state index contributed by atoms with van der Waals surface area (Å²) in [5.41, 5.74) is 0. The SMILES string of the molecule is O=C(O)[C@H]1CCCN1C(=O)N1CCN(c2nccs2)CC1. The van der Waals surface area contributed by atoms with Crippen LogP contribution in [0.4, 0.5) is 9.93 Å². The number of carboxylic acid groups (broad SMARTS) is 1.